The first-order valence-electron chi connectivity index (χ1n) is 9.00. The third-order valence-corrected chi connectivity index (χ3v) is 5.15. The molecule has 8 heteroatoms. The molecule has 2 aromatic carbocycles. The second-order valence-corrected chi connectivity index (χ2v) is 7.18. The molecule has 0 bridgehead atoms. The van der Waals surface area contributed by atoms with Crippen LogP contribution in [0.1, 0.15) is 47.3 Å². The molecular weight excluding hydrogens is 382 g/mol. The first-order valence-corrected chi connectivity index (χ1v) is 9.37. The molecule has 2 amide bonds. The van der Waals surface area contributed by atoms with Crippen LogP contribution in [-0.4, -0.2) is 22.8 Å². The van der Waals surface area contributed by atoms with Gasteiger partial charge in [0.1, 0.15) is 11.1 Å². The number of halogens is 1. The molecular formula is C20H20ClN3O4. The summed E-state index contributed by atoms with van der Waals surface area (Å²) in [5.41, 5.74) is 2.04. The molecule has 3 rings (SSSR count). The van der Waals surface area contributed by atoms with E-state index in [4.69, 9.17) is 11.6 Å². The third-order valence-electron chi connectivity index (χ3n) is 4.83. The predicted octanol–water partition coefficient (Wildman–Crippen LogP) is 3.56. The minimum atomic E-state index is -0.795. The molecule has 0 radical (unpaired) electrons. The molecule has 146 valence electrons. The average Bonchev–Trinajstić information content (AvgIpc) is 2.68. The van der Waals surface area contributed by atoms with E-state index in [-0.39, 0.29) is 28.2 Å². The second kappa shape index (κ2) is 8.39. The quantitative estimate of drug-likeness (QED) is 0.590. The zero-order valence-corrected chi connectivity index (χ0v) is 16.0. The molecule has 0 saturated heterocycles. The highest BCUT2D eigenvalue weighted by Crippen LogP contribution is 2.29. The Kier molecular flexibility index (Phi) is 5.94. The molecule has 2 N–H and O–H groups in total. The number of nitro groups is 1. The van der Waals surface area contributed by atoms with Crippen LogP contribution >= 0.6 is 11.6 Å². The summed E-state index contributed by atoms with van der Waals surface area (Å²) in [6.07, 6.45) is 2.81. The number of carbonyl (C=O) groups excluding carboxylic acids is 2. The van der Waals surface area contributed by atoms with Gasteiger partial charge in [-0.3, -0.25) is 19.7 Å². The first kappa shape index (κ1) is 19.8. The highest BCUT2D eigenvalue weighted by atomic mass is 35.5. The fourth-order valence-corrected chi connectivity index (χ4v) is 3.53. The van der Waals surface area contributed by atoms with Crippen molar-refractivity contribution in [2.75, 3.05) is 0 Å². The molecule has 1 aliphatic carbocycles. The van der Waals surface area contributed by atoms with E-state index in [1.54, 1.807) is 6.92 Å². The van der Waals surface area contributed by atoms with Gasteiger partial charge in [-0.15, -0.1) is 0 Å². The van der Waals surface area contributed by atoms with Gasteiger partial charge in [0.15, 0.2) is 0 Å². The van der Waals surface area contributed by atoms with Gasteiger partial charge in [0.05, 0.1) is 11.0 Å². The zero-order valence-electron chi connectivity index (χ0n) is 15.3. The molecule has 0 unspecified atom stereocenters. The number of hydrogen-bond acceptors (Lipinski definition) is 4. The number of benzene rings is 2. The topological polar surface area (TPSA) is 101 Å². The number of rotatable bonds is 5. The van der Waals surface area contributed by atoms with Crippen LogP contribution < -0.4 is 10.6 Å². The molecule has 0 heterocycles. The summed E-state index contributed by atoms with van der Waals surface area (Å²) in [7, 11) is 0. The normalized spacial score (nSPS) is 16.6. The lowest BCUT2D eigenvalue weighted by Crippen LogP contribution is -2.46. The van der Waals surface area contributed by atoms with Crippen molar-refractivity contribution in [1.29, 1.82) is 0 Å². The Balaban J connectivity index is 1.66. The Labute approximate surface area is 167 Å². The standard InChI is InChI=1S/C20H20ClN3O4/c1-12(22-20(26)14-9-10-16(21)18(11-14)24(27)28)19(25)23-17-8-4-6-13-5-2-3-7-15(13)17/h2-3,5,7,9-12,17H,4,6,8H2,1H3,(H,22,26)(H,23,25)/t12-,17+/m0/s1. The minimum Gasteiger partial charge on any atom is -0.348 e. The molecule has 0 fully saturated rings. The molecule has 2 aromatic rings. The Morgan fingerprint density at radius 1 is 1.25 bits per heavy atom. The van der Waals surface area contributed by atoms with Crippen molar-refractivity contribution in [3.63, 3.8) is 0 Å². The maximum absolute atomic E-state index is 12.6. The highest BCUT2D eigenvalue weighted by Gasteiger charge is 2.25. The van der Waals surface area contributed by atoms with E-state index < -0.39 is 16.9 Å². The summed E-state index contributed by atoms with van der Waals surface area (Å²) in [5.74, 6) is -0.884. The summed E-state index contributed by atoms with van der Waals surface area (Å²) >= 11 is 5.76. The summed E-state index contributed by atoms with van der Waals surface area (Å²) in [5, 5.41) is 16.5. The molecule has 0 spiro atoms. The van der Waals surface area contributed by atoms with E-state index in [0.717, 1.165) is 30.9 Å². The Morgan fingerprint density at radius 3 is 2.75 bits per heavy atom. The smallest absolute Gasteiger partial charge is 0.288 e. The maximum Gasteiger partial charge on any atom is 0.288 e. The molecule has 28 heavy (non-hydrogen) atoms. The molecule has 1 aliphatic rings. The summed E-state index contributed by atoms with van der Waals surface area (Å²) < 4.78 is 0. The number of nitrogens with zero attached hydrogens (tertiary/aromatic N) is 1. The molecule has 0 aromatic heterocycles. The number of hydrogen-bond donors (Lipinski definition) is 2. The Hall–Kier alpha value is -2.93. The average molecular weight is 402 g/mol. The first-order chi connectivity index (χ1) is 13.4. The molecule has 0 saturated carbocycles. The summed E-state index contributed by atoms with van der Waals surface area (Å²) in [6.45, 7) is 1.58. The van der Waals surface area contributed by atoms with Gasteiger partial charge in [0, 0.05) is 11.6 Å². The number of nitrogens with one attached hydrogen (secondary N) is 2. The number of carbonyl (C=O) groups is 2. The van der Waals surface area contributed by atoms with Crippen LogP contribution in [0.4, 0.5) is 5.69 Å². The van der Waals surface area contributed by atoms with E-state index in [9.17, 15) is 19.7 Å². The van der Waals surface area contributed by atoms with Gasteiger partial charge in [-0.2, -0.15) is 0 Å². The fraction of sp³-hybridized carbons (Fsp3) is 0.300. The van der Waals surface area contributed by atoms with Crippen molar-refractivity contribution >= 4 is 29.1 Å². The third kappa shape index (κ3) is 4.31. The van der Waals surface area contributed by atoms with Gasteiger partial charge in [0.25, 0.3) is 11.6 Å². The van der Waals surface area contributed by atoms with Gasteiger partial charge in [0.2, 0.25) is 5.91 Å². The second-order valence-electron chi connectivity index (χ2n) is 6.77. The molecule has 7 nitrogen and oxygen atoms in total. The van der Waals surface area contributed by atoms with E-state index in [2.05, 4.69) is 16.7 Å². The van der Waals surface area contributed by atoms with E-state index in [1.807, 2.05) is 18.2 Å². The monoisotopic (exact) mass is 401 g/mol. The van der Waals surface area contributed by atoms with E-state index in [0.29, 0.717) is 0 Å². The number of amides is 2. The fourth-order valence-electron chi connectivity index (χ4n) is 3.34. The van der Waals surface area contributed by atoms with E-state index in [1.165, 1.54) is 17.7 Å². The van der Waals surface area contributed by atoms with Gasteiger partial charge in [-0.05, 0) is 49.4 Å². The highest BCUT2D eigenvalue weighted by molar-refractivity contribution is 6.32. The Morgan fingerprint density at radius 2 is 2.00 bits per heavy atom. The Bertz CT molecular complexity index is 931. The summed E-state index contributed by atoms with van der Waals surface area (Å²) in [6, 6.07) is 10.9. The number of nitro benzene ring substituents is 1. The van der Waals surface area contributed by atoms with Crippen LogP contribution in [0.15, 0.2) is 42.5 Å². The number of fused-ring (bicyclic) bond motifs is 1. The van der Waals surface area contributed by atoms with Crippen LogP contribution in [0.5, 0.6) is 0 Å². The van der Waals surface area contributed by atoms with Crippen molar-refractivity contribution < 1.29 is 14.5 Å². The lowest BCUT2D eigenvalue weighted by molar-refractivity contribution is -0.384. The van der Waals surface area contributed by atoms with Crippen molar-refractivity contribution in [2.45, 2.75) is 38.3 Å². The largest absolute Gasteiger partial charge is 0.348 e. The zero-order chi connectivity index (χ0) is 20.3. The molecule has 2 atom stereocenters. The van der Waals surface area contributed by atoms with Crippen molar-refractivity contribution in [3.8, 4) is 0 Å². The van der Waals surface area contributed by atoms with E-state index >= 15 is 0 Å². The maximum atomic E-state index is 12.6. The SMILES string of the molecule is C[C@H](NC(=O)c1ccc(Cl)c([N+](=O)[O-])c1)C(=O)N[C@@H]1CCCc2ccccc21. The lowest BCUT2D eigenvalue weighted by Gasteiger charge is -2.27. The van der Waals surface area contributed by atoms with Crippen LogP contribution in [0.2, 0.25) is 5.02 Å². The van der Waals surface area contributed by atoms with Gasteiger partial charge in [-0.1, -0.05) is 35.9 Å². The van der Waals surface area contributed by atoms with Crippen molar-refractivity contribution in [2.24, 2.45) is 0 Å². The van der Waals surface area contributed by atoms with Gasteiger partial charge in [-0.25, -0.2) is 0 Å². The van der Waals surface area contributed by atoms with Gasteiger partial charge >= 0.3 is 0 Å². The molecule has 0 aliphatic heterocycles. The van der Waals surface area contributed by atoms with Crippen molar-refractivity contribution in [1.82, 2.24) is 10.6 Å². The predicted molar refractivity (Wildman–Crippen MR) is 105 cm³/mol. The van der Waals surface area contributed by atoms with Gasteiger partial charge < -0.3 is 10.6 Å². The van der Waals surface area contributed by atoms with Crippen LogP contribution in [-0.2, 0) is 11.2 Å². The van der Waals surface area contributed by atoms with Crippen LogP contribution in [0.3, 0.4) is 0 Å². The van der Waals surface area contributed by atoms with Crippen LogP contribution in [0.25, 0.3) is 0 Å². The number of aryl methyl sites for hydroxylation is 1. The minimum absolute atomic E-state index is 0.0525. The van der Waals surface area contributed by atoms with Crippen LogP contribution in [0, 0.1) is 10.1 Å². The lowest BCUT2D eigenvalue weighted by atomic mass is 9.87. The summed E-state index contributed by atoms with van der Waals surface area (Å²) in [4.78, 5) is 35.3. The van der Waals surface area contributed by atoms with Crippen molar-refractivity contribution in [3.05, 3.63) is 74.3 Å².